The molecule has 0 aliphatic rings. The molecule has 0 saturated heterocycles. The van der Waals surface area contributed by atoms with Gasteiger partial charge < -0.3 is 0 Å². The van der Waals surface area contributed by atoms with Gasteiger partial charge in [0.1, 0.15) is 7.85 Å². The van der Waals surface area contributed by atoms with Crippen LogP contribution < -0.4 is 5.46 Å². The summed E-state index contributed by atoms with van der Waals surface area (Å²) in [6.07, 6.45) is 3.60. The van der Waals surface area contributed by atoms with Crippen molar-refractivity contribution in [3.05, 3.63) is 24.5 Å². The van der Waals surface area contributed by atoms with Crippen LogP contribution in [0.5, 0.6) is 0 Å². The molecule has 0 aromatic carbocycles. The first-order valence-electron chi connectivity index (χ1n) is 2.26. The van der Waals surface area contributed by atoms with Gasteiger partial charge in [0, 0.05) is 12.4 Å². The second kappa shape index (κ2) is 1.78. The lowest BCUT2D eigenvalue weighted by molar-refractivity contribution is 1.35. The molecule has 0 bridgehead atoms. The van der Waals surface area contributed by atoms with Gasteiger partial charge in [0.25, 0.3) is 0 Å². The van der Waals surface area contributed by atoms with E-state index in [2.05, 4.69) is 4.98 Å². The van der Waals surface area contributed by atoms with Crippen LogP contribution in [0.4, 0.5) is 0 Å². The van der Waals surface area contributed by atoms with E-state index in [4.69, 9.17) is 0 Å². The van der Waals surface area contributed by atoms with Crippen LogP contribution in [0.25, 0.3) is 0 Å². The Morgan fingerprint density at radius 3 is 2.71 bits per heavy atom. The highest BCUT2D eigenvalue weighted by Crippen LogP contribution is 1.70. The highest BCUT2D eigenvalue weighted by Gasteiger charge is 1.73. The average Bonchev–Trinajstić information content (AvgIpc) is 1.69. The number of rotatable bonds is 0. The minimum atomic E-state index is 1.21. The van der Waals surface area contributed by atoms with E-state index in [1.165, 1.54) is 5.46 Å². The van der Waals surface area contributed by atoms with E-state index in [1.54, 1.807) is 6.20 Å². The maximum atomic E-state index is 3.88. The second-order valence-electron chi connectivity index (χ2n) is 1.53. The lowest BCUT2D eigenvalue weighted by Gasteiger charge is -1.82. The molecule has 0 N–H and O–H groups in total. The zero-order valence-corrected chi connectivity index (χ0v) is 4.26. The Kier molecular flexibility index (Phi) is 1.11. The smallest absolute Gasteiger partial charge is 0.141 e. The Labute approximate surface area is 43.8 Å². The Bertz CT molecular complexity index is 138. The van der Waals surface area contributed by atoms with Crippen molar-refractivity contribution < 1.29 is 0 Å². The average molecular weight is 90.9 g/mol. The highest BCUT2D eigenvalue weighted by molar-refractivity contribution is 6.31. The van der Waals surface area contributed by atoms with E-state index < -0.39 is 0 Å². The third-order valence-corrected chi connectivity index (χ3v) is 0.809. The van der Waals surface area contributed by atoms with Crippen molar-refractivity contribution in [2.45, 2.75) is 0 Å². The van der Waals surface area contributed by atoms with E-state index >= 15 is 0 Å². The molecule has 34 valence electrons. The Morgan fingerprint density at radius 1 is 1.57 bits per heavy atom. The lowest BCUT2D eigenvalue weighted by Crippen LogP contribution is -1.99. The van der Waals surface area contributed by atoms with Crippen molar-refractivity contribution in [3.63, 3.8) is 0 Å². The first-order chi connectivity index (χ1) is 3.39. The summed E-state index contributed by atoms with van der Waals surface area (Å²) in [5, 5.41) is 0. The fourth-order valence-electron chi connectivity index (χ4n) is 0.448. The molecule has 1 aromatic rings. The Balaban J connectivity index is 3.02. The monoisotopic (exact) mass is 91.1 g/mol. The van der Waals surface area contributed by atoms with Crippen molar-refractivity contribution in [2.75, 3.05) is 0 Å². The van der Waals surface area contributed by atoms with Crippen molar-refractivity contribution >= 4 is 13.3 Å². The van der Waals surface area contributed by atoms with Gasteiger partial charge in [-0.15, -0.1) is 0 Å². The summed E-state index contributed by atoms with van der Waals surface area (Å²) in [4.78, 5) is 3.88. The third-order valence-electron chi connectivity index (χ3n) is 0.809. The molecule has 0 unspecified atom stereocenters. The molecule has 0 aliphatic carbocycles. The van der Waals surface area contributed by atoms with E-state index in [9.17, 15) is 0 Å². The number of aromatic nitrogens is 1. The van der Waals surface area contributed by atoms with Gasteiger partial charge in [-0.1, -0.05) is 11.5 Å². The molecule has 1 nitrogen and oxygen atoms in total. The van der Waals surface area contributed by atoms with Crippen LogP contribution in [0.1, 0.15) is 0 Å². The summed E-state index contributed by atoms with van der Waals surface area (Å²) in [6, 6.07) is 3.95. The molecule has 1 heterocycles. The summed E-state index contributed by atoms with van der Waals surface area (Å²) in [5.74, 6) is 0. The van der Waals surface area contributed by atoms with Crippen molar-refractivity contribution in [1.29, 1.82) is 0 Å². The molecule has 2 heteroatoms. The molecule has 0 spiro atoms. The highest BCUT2D eigenvalue weighted by atomic mass is 14.6. The fourth-order valence-corrected chi connectivity index (χ4v) is 0.448. The fraction of sp³-hybridized carbons (Fsp3) is 0. The number of nitrogens with zero attached hydrogens (tertiary/aromatic N) is 1. The number of hydrogen-bond donors (Lipinski definition) is 0. The normalized spacial score (nSPS) is 8.57. The molecular formula is C5H6BN. The number of hydrogen-bond acceptors (Lipinski definition) is 1. The van der Waals surface area contributed by atoms with E-state index in [0.29, 0.717) is 0 Å². The molecule has 0 fully saturated rings. The Hall–Kier alpha value is -0.785. The van der Waals surface area contributed by atoms with Gasteiger partial charge >= 0.3 is 0 Å². The second-order valence-corrected chi connectivity index (χ2v) is 1.53. The van der Waals surface area contributed by atoms with Gasteiger partial charge in [-0.2, -0.15) is 0 Å². The van der Waals surface area contributed by atoms with Crippen LogP contribution >= 0.6 is 0 Å². The maximum absolute atomic E-state index is 3.88. The molecule has 7 heavy (non-hydrogen) atoms. The lowest BCUT2D eigenvalue weighted by atomic mass is 10.00. The Morgan fingerprint density at radius 2 is 2.43 bits per heavy atom. The SMILES string of the molecule is Bc1cccnc1. The van der Waals surface area contributed by atoms with Crippen LogP contribution in [0.15, 0.2) is 24.5 Å². The van der Waals surface area contributed by atoms with Gasteiger partial charge in [-0.05, 0) is 6.07 Å². The quantitative estimate of drug-likeness (QED) is 0.386. The van der Waals surface area contributed by atoms with Gasteiger partial charge in [0.15, 0.2) is 0 Å². The number of pyridine rings is 1. The van der Waals surface area contributed by atoms with Crippen molar-refractivity contribution in [2.24, 2.45) is 0 Å². The van der Waals surface area contributed by atoms with E-state index in [0.717, 1.165) is 0 Å². The summed E-state index contributed by atoms with van der Waals surface area (Å²) in [5.41, 5.74) is 1.21. The summed E-state index contributed by atoms with van der Waals surface area (Å²) in [7, 11) is 2.02. The van der Waals surface area contributed by atoms with Gasteiger partial charge in [-0.3, -0.25) is 4.98 Å². The zero-order valence-electron chi connectivity index (χ0n) is 4.26. The van der Waals surface area contributed by atoms with Crippen LogP contribution in [0, 0.1) is 0 Å². The predicted molar refractivity (Wildman–Crippen MR) is 32.4 cm³/mol. The van der Waals surface area contributed by atoms with Crippen LogP contribution in [-0.4, -0.2) is 12.8 Å². The standard InChI is InChI=1S/C5H6BN/c6-5-2-1-3-7-4-5/h1-4H,6H2. The summed E-state index contributed by atoms with van der Waals surface area (Å²) >= 11 is 0. The first-order valence-corrected chi connectivity index (χ1v) is 2.26. The van der Waals surface area contributed by atoms with Gasteiger partial charge in [0.2, 0.25) is 0 Å². The van der Waals surface area contributed by atoms with Crippen LogP contribution in [-0.2, 0) is 0 Å². The summed E-state index contributed by atoms with van der Waals surface area (Å²) < 4.78 is 0. The minimum absolute atomic E-state index is 1.21. The molecule has 0 aliphatic heterocycles. The van der Waals surface area contributed by atoms with Crippen LogP contribution in [0.3, 0.4) is 0 Å². The first kappa shape index (κ1) is 4.38. The zero-order chi connectivity index (χ0) is 5.11. The van der Waals surface area contributed by atoms with E-state index in [1.807, 2.05) is 26.2 Å². The maximum Gasteiger partial charge on any atom is 0.141 e. The molecule has 0 amide bonds. The molecule has 1 rings (SSSR count). The summed E-state index contributed by atoms with van der Waals surface area (Å²) in [6.45, 7) is 0. The van der Waals surface area contributed by atoms with Crippen LogP contribution in [0.2, 0.25) is 0 Å². The largest absolute Gasteiger partial charge is 0.265 e. The van der Waals surface area contributed by atoms with Gasteiger partial charge in [-0.25, -0.2) is 0 Å². The predicted octanol–water partition coefficient (Wildman–Crippen LogP) is -0.660. The minimum Gasteiger partial charge on any atom is -0.265 e. The molecule has 0 saturated carbocycles. The molecular weight excluding hydrogens is 84.9 g/mol. The molecule has 1 aromatic heterocycles. The molecule has 0 atom stereocenters. The third kappa shape index (κ3) is 1.04. The van der Waals surface area contributed by atoms with Crippen molar-refractivity contribution in [1.82, 2.24) is 4.98 Å². The van der Waals surface area contributed by atoms with Crippen molar-refractivity contribution in [3.8, 4) is 0 Å². The molecule has 0 radical (unpaired) electrons. The van der Waals surface area contributed by atoms with E-state index in [-0.39, 0.29) is 0 Å². The van der Waals surface area contributed by atoms with Gasteiger partial charge in [0.05, 0.1) is 0 Å². The topological polar surface area (TPSA) is 12.9 Å².